The van der Waals surface area contributed by atoms with Crippen molar-refractivity contribution in [1.82, 2.24) is 9.55 Å². The largest absolute Gasteiger partial charge is 0.382 e. The van der Waals surface area contributed by atoms with Gasteiger partial charge in [-0.25, -0.2) is 4.98 Å². The highest BCUT2D eigenvalue weighted by atomic mass is 16.3. The lowest BCUT2D eigenvalue weighted by Crippen LogP contribution is -2.28. The molecule has 0 aliphatic rings. The molecule has 1 heterocycles. The molecule has 0 spiro atoms. The van der Waals surface area contributed by atoms with Crippen molar-refractivity contribution in [2.75, 3.05) is 0 Å². The molecule has 0 amide bonds. The third kappa shape index (κ3) is 1.98. The second-order valence-electron chi connectivity index (χ2n) is 3.67. The Morgan fingerprint density at radius 1 is 1.43 bits per heavy atom. The summed E-state index contributed by atoms with van der Waals surface area (Å²) >= 11 is 0. The minimum Gasteiger partial charge on any atom is -0.382 e. The fourth-order valence-electron chi connectivity index (χ4n) is 1.83. The maximum absolute atomic E-state index is 10.4. The predicted molar refractivity (Wildman–Crippen MR) is 57.0 cm³/mol. The highest BCUT2D eigenvalue weighted by molar-refractivity contribution is 5.04. The molecule has 0 radical (unpaired) electrons. The minimum atomic E-state index is -0.742. The first-order chi connectivity index (χ1) is 6.68. The molecular weight excluding hydrogens is 176 g/mol. The van der Waals surface area contributed by atoms with Gasteiger partial charge >= 0.3 is 0 Å². The van der Waals surface area contributed by atoms with E-state index in [0.717, 1.165) is 31.6 Å². The Bertz CT molecular complexity index is 283. The Balaban J connectivity index is 2.98. The topological polar surface area (TPSA) is 38.1 Å². The smallest absolute Gasteiger partial charge is 0.140 e. The van der Waals surface area contributed by atoms with Gasteiger partial charge in [-0.05, 0) is 19.8 Å². The summed E-state index contributed by atoms with van der Waals surface area (Å²) in [6, 6.07) is 0. The average Bonchev–Trinajstić information content (AvgIpc) is 2.66. The summed E-state index contributed by atoms with van der Waals surface area (Å²) in [5.74, 6) is 0.810. The van der Waals surface area contributed by atoms with Crippen molar-refractivity contribution in [3.63, 3.8) is 0 Å². The van der Waals surface area contributed by atoms with Crippen LogP contribution in [0.4, 0.5) is 0 Å². The highest BCUT2D eigenvalue weighted by Gasteiger charge is 2.30. The number of hydrogen-bond acceptors (Lipinski definition) is 2. The lowest BCUT2D eigenvalue weighted by Gasteiger charge is -2.26. The van der Waals surface area contributed by atoms with Gasteiger partial charge in [-0.15, -0.1) is 0 Å². The lowest BCUT2D eigenvalue weighted by molar-refractivity contribution is 0.0105. The molecule has 1 aromatic heterocycles. The maximum atomic E-state index is 10.4. The van der Waals surface area contributed by atoms with Crippen molar-refractivity contribution in [1.29, 1.82) is 0 Å². The number of hydrogen-bond donors (Lipinski definition) is 1. The molecule has 80 valence electrons. The molecule has 0 aromatic carbocycles. The Morgan fingerprint density at radius 3 is 2.64 bits per heavy atom. The number of aromatic nitrogens is 2. The van der Waals surface area contributed by atoms with Crippen LogP contribution in [0, 0.1) is 0 Å². The van der Waals surface area contributed by atoms with Crippen LogP contribution in [0.5, 0.6) is 0 Å². The molecule has 0 saturated carbocycles. The van der Waals surface area contributed by atoms with Crippen LogP contribution in [-0.2, 0) is 12.1 Å². The van der Waals surface area contributed by atoms with E-state index in [4.69, 9.17) is 0 Å². The summed E-state index contributed by atoms with van der Waals surface area (Å²) in [6.45, 7) is 7.01. The normalized spacial score (nSPS) is 15.4. The van der Waals surface area contributed by atoms with Crippen molar-refractivity contribution < 1.29 is 5.11 Å². The fraction of sp³-hybridized carbons (Fsp3) is 0.727. The van der Waals surface area contributed by atoms with Crippen LogP contribution >= 0.6 is 0 Å². The third-order valence-electron chi connectivity index (χ3n) is 2.72. The van der Waals surface area contributed by atoms with E-state index in [1.165, 1.54) is 0 Å². The van der Waals surface area contributed by atoms with Crippen LogP contribution in [0.1, 0.15) is 45.9 Å². The molecule has 0 aliphatic heterocycles. The number of rotatable bonds is 5. The molecule has 1 unspecified atom stereocenters. The van der Waals surface area contributed by atoms with Crippen molar-refractivity contribution in [3.8, 4) is 0 Å². The zero-order valence-electron chi connectivity index (χ0n) is 9.32. The van der Waals surface area contributed by atoms with E-state index < -0.39 is 5.60 Å². The van der Waals surface area contributed by atoms with Gasteiger partial charge in [0.25, 0.3) is 0 Å². The maximum Gasteiger partial charge on any atom is 0.140 e. The van der Waals surface area contributed by atoms with Gasteiger partial charge in [0.2, 0.25) is 0 Å². The van der Waals surface area contributed by atoms with E-state index in [9.17, 15) is 5.11 Å². The number of aryl methyl sites for hydroxylation is 1. The number of imidazole rings is 1. The number of aliphatic hydroxyl groups is 1. The molecule has 3 nitrogen and oxygen atoms in total. The van der Waals surface area contributed by atoms with Crippen LogP contribution in [-0.4, -0.2) is 14.7 Å². The van der Waals surface area contributed by atoms with Gasteiger partial charge in [0, 0.05) is 18.9 Å². The van der Waals surface area contributed by atoms with E-state index >= 15 is 0 Å². The van der Waals surface area contributed by atoms with Gasteiger partial charge in [-0.2, -0.15) is 0 Å². The first-order valence-corrected chi connectivity index (χ1v) is 5.42. The van der Waals surface area contributed by atoms with Crippen LogP contribution in [0.25, 0.3) is 0 Å². The second-order valence-corrected chi connectivity index (χ2v) is 3.67. The molecule has 14 heavy (non-hydrogen) atoms. The average molecular weight is 196 g/mol. The molecule has 1 atom stereocenters. The zero-order chi connectivity index (χ0) is 10.6. The monoisotopic (exact) mass is 196 g/mol. The molecule has 0 saturated heterocycles. The van der Waals surface area contributed by atoms with Gasteiger partial charge in [0.15, 0.2) is 0 Å². The van der Waals surface area contributed by atoms with Crippen LogP contribution < -0.4 is 0 Å². The van der Waals surface area contributed by atoms with Crippen molar-refractivity contribution in [3.05, 3.63) is 18.2 Å². The van der Waals surface area contributed by atoms with Crippen molar-refractivity contribution in [2.24, 2.45) is 0 Å². The van der Waals surface area contributed by atoms with E-state index in [1.807, 2.05) is 17.7 Å². The van der Waals surface area contributed by atoms with Gasteiger partial charge in [0.1, 0.15) is 11.4 Å². The Labute approximate surface area is 85.8 Å². The standard InChI is InChI=1S/C11H20N2O/c1-4-7-11(14,5-2)10-12-8-9-13(10)6-3/h8-9,14H,4-7H2,1-3H3. The summed E-state index contributed by atoms with van der Waals surface area (Å²) in [4.78, 5) is 4.26. The molecule has 1 rings (SSSR count). The van der Waals surface area contributed by atoms with Crippen LogP contribution in [0.3, 0.4) is 0 Å². The van der Waals surface area contributed by atoms with Gasteiger partial charge in [-0.1, -0.05) is 20.3 Å². The molecule has 0 bridgehead atoms. The molecular formula is C11H20N2O. The summed E-state index contributed by atoms with van der Waals surface area (Å²) < 4.78 is 2.01. The molecule has 0 fully saturated rings. The molecule has 1 aromatic rings. The van der Waals surface area contributed by atoms with E-state index in [0.29, 0.717) is 0 Å². The highest BCUT2D eigenvalue weighted by Crippen LogP contribution is 2.28. The predicted octanol–water partition coefficient (Wildman–Crippen LogP) is 2.30. The molecule has 0 aliphatic carbocycles. The minimum absolute atomic E-state index is 0.720. The molecule has 3 heteroatoms. The Hall–Kier alpha value is -0.830. The Morgan fingerprint density at radius 2 is 2.14 bits per heavy atom. The van der Waals surface area contributed by atoms with E-state index in [2.05, 4.69) is 18.8 Å². The van der Waals surface area contributed by atoms with Gasteiger partial charge < -0.3 is 9.67 Å². The molecule has 1 N–H and O–H groups in total. The number of nitrogens with zero attached hydrogens (tertiary/aromatic N) is 2. The Kier molecular flexibility index (Phi) is 3.69. The summed E-state index contributed by atoms with van der Waals surface area (Å²) in [5.41, 5.74) is -0.742. The van der Waals surface area contributed by atoms with Gasteiger partial charge in [0.05, 0.1) is 0 Å². The second kappa shape index (κ2) is 4.60. The first-order valence-electron chi connectivity index (χ1n) is 5.42. The third-order valence-corrected chi connectivity index (χ3v) is 2.72. The lowest BCUT2D eigenvalue weighted by atomic mass is 9.94. The van der Waals surface area contributed by atoms with Gasteiger partial charge in [-0.3, -0.25) is 0 Å². The SMILES string of the molecule is CCCC(O)(CC)c1nccn1CC. The fourth-order valence-corrected chi connectivity index (χ4v) is 1.83. The quantitative estimate of drug-likeness (QED) is 0.784. The van der Waals surface area contributed by atoms with Crippen LogP contribution in [0.2, 0.25) is 0 Å². The van der Waals surface area contributed by atoms with Crippen LogP contribution in [0.15, 0.2) is 12.4 Å². The summed E-state index contributed by atoms with van der Waals surface area (Å²) in [5, 5.41) is 10.4. The summed E-state index contributed by atoms with van der Waals surface area (Å²) in [7, 11) is 0. The van der Waals surface area contributed by atoms with Crippen molar-refractivity contribution >= 4 is 0 Å². The van der Waals surface area contributed by atoms with Crippen molar-refractivity contribution in [2.45, 2.75) is 52.2 Å². The van der Waals surface area contributed by atoms with E-state index in [-0.39, 0.29) is 0 Å². The summed E-state index contributed by atoms with van der Waals surface area (Å²) in [6.07, 6.45) is 6.15. The first kappa shape index (κ1) is 11.2. The van der Waals surface area contributed by atoms with E-state index in [1.54, 1.807) is 6.20 Å². The zero-order valence-corrected chi connectivity index (χ0v) is 9.32.